The zero-order valence-corrected chi connectivity index (χ0v) is 3.06. The molecule has 0 spiro atoms. The molecule has 1 radical (unpaired) electrons. The molecule has 0 aliphatic heterocycles. The summed E-state index contributed by atoms with van der Waals surface area (Å²) in [4.78, 5) is 0. The van der Waals surface area contributed by atoms with Crippen molar-refractivity contribution >= 4 is 0 Å². The minimum Gasteiger partial charge on any atom is -0.412 e. The summed E-state index contributed by atoms with van der Waals surface area (Å²) in [5.74, 6) is 0. The average molecular weight is 109 g/mol. The second kappa shape index (κ2) is 123. The van der Waals surface area contributed by atoms with Crippen LogP contribution in [0.25, 0.3) is 0 Å². The van der Waals surface area contributed by atoms with Gasteiger partial charge in [-0.05, 0) is 0 Å². The second-order valence-corrected chi connectivity index (χ2v) is 0. The topological polar surface area (TPSA) is 94.5 Å². The van der Waals surface area contributed by atoms with Crippen LogP contribution >= 0.6 is 0 Å². The van der Waals surface area contributed by atoms with E-state index < -0.39 is 0 Å². The van der Waals surface area contributed by atoms with Gasteiger partial charge in [-0.3, -0.25) is 0 Å². The first-order valence-corrected chi connectivity index (χ1v) is 0. The molecule has 0 aromatic carbocycles. The fraction of sp³-hybridized carbons (Fsp3) is 0. The molecule has 0 bridgehead atoms. The van der Waals surface area contributed by atoms with Gasteiger partial charge in [-0.2, -0.15) is 0 Å². The van der Waals surface area contributed by atoms with Crippen LogP contribution in [0.4, 0.5) is 0 Å². The first kappa shape index (κ1) is 319. The van der Waals surface area contributed by atoms with Crippen molar-refractivity contribution in [3.05, 3.63) is 0 Å². The molecule has 0 amide bonds. The monoisotopic (exact) mass is 109 g/mol. The van der Waals surface area contributed by atoms with Crippen molar-refractivity contribution in [1.82, 2.24) is 0 Å². The molecule has 0 heterocycles. The third-order valence-electron chi connectivity index (χ3n) is 0. The Morgan fingerprint density at radius 3 is 0.500 bits per heavy atom. The van der Waals surface area contributed by atoms with Crippen LogP contribution in [0.5, 0.6) is 0 Å². The number of hydrogen-bond acceptors (Lipinski definition) is 0. The summed E-state index contributed by atoms with van der Waals surface area (Å²) in [5.41, 5.74) is 0. The Kier molecular flexibility index (Phi) is 9770. The van der Waals surface area contributed by atoms with Gasteiger partial charge < -0.3 is 16.4 Å². The quantitative estimate of drug-likeness (QED) is 0.308. The Morgan fingerprint density at radius 1 is 0.500 bits per heavy atom. The molecule has 0 saturated heterocycles. The molecule has 0 aliphatic rings. The van der Waals surface area contributed by atoms with Crippen LogP contribution in [0.3, 0.4) is 0 Å². The summed E-state index contributed by atoms with van der Waals surface area (Å²) in [6, 6.07) is 0. The van der Waals surface area contributed by atoms with Crippen LogP contribution < -0.4 is 0 Å². The van der Waals surface area contributed by atoms with E-state index in [-0.39, 0.29) is 33.5 Å². The van der Waals surface area contributed by atoms with Crippen LogP contribution in [0, 0.1) is 0 Å². The number of hydrogen-bond donors (Lipinski definition) is 0. The predicted octanol–water partition coefficient (Wildman–Crippen LogP) is -2.48. The van der Waals surface area contributed by atoms with E-state index in [0.29, 0.717) is 0 Å². The Bertz CT molecular complexity index is 3.25. The fourth-order valence-corrected chi connectivity index (χ4v) is 0. The summed E-state index contributed by atoms with van der Waals surface area (Å²) in [5, 5.41) is 0. The van der Waals surface area contributed by atoms with Crippen molar-refractivity contribution in [3.8, 4) is 0 Å². The largest absolute Gasteiger partial charge is 0.412 e. The molecular formula is H6MnO3. The molecule has 4 heteroatoms. The van der Waals surface area contributed by atoms with Crippen LogP contribution in [-0.2, 0) is 17.1 Å². The fourth-order valence-electron chi connectivity index (χ4n) is 0. The van der Waals surface area contributed by atoms with Gasteiger partial charge in [0.05, 0.1) is 0 Å². The Morgan fingerprint density at radius 2 is 0.500 bits per heavy atom. The van der Waals surface area contributed by atoms with Gasteiger partial charge >= 0.3 is 0 Å². The van der Waals surface area contributed by atoms with E-state index in [1.165, 1.54) is 0 Å². The van der Waals surface area contributed by atoms with Gasteiger partial charge in [0.25, 0.3) is 0 Å². The number of rotatable bonds is 0. The minimum atomic E-state index is 0. The summed E-state index contributed by atoms with van der Waals surface area (Å²) < 4.78 is 0. The molecule has 31 valence electrons. The maximum atomic E-state index is 0. The SMILES string of the molecule is O.O.O.[Mn]. The van der Waals surface area contributed by atoms with E-state index in [9.17, 15) is 0 Å². The molecule has 0 atom stereocenters. The van der Waals surface area contributed by atoms with Crippen molar-refractivity contribution in [2.24, 2.45) is 0 Å². The maximum absolute atomic E-state index is 0. The van der Waals surface area contributed by atoms with Gasteiger partial charge in [0.15, 0.2) is 0 Å². The van der Waals surface area contributed by atoms with Gasteiger partial charge in [0, 0.05) is 17.1 Å². The van der Waals surface area contributed by atoms with E-state index >= 15 is 0 Å². The van der Waals surface area contributed by atoms with Crippen molar-refractivity contribution in [2.45, 2.75) is 0 Å². The predicted molar refractivity (Wildman–Crippen MR) is 10.8 cm³/mol. The molecule has 6 N–H and O–H groups in total. The van der Waals surface area contributed by atoms with Gasteiger partial charge in [-0.25, -0.2) is 0 Å². The van der Waals surface area contributed by atoms with Gasteiger partial charge in [-0.1, -0.05) is 0 Å². The summed E-state index contributed by atoms with van der Waals surface area (Å²) in [7, 11) is 0. The van der Waals surface area contributed by atoms with E-state index in [2.05, 4.69) is 0 Å². The summed E-state index contributed by atoms with van der Waals surface area (Å²) in [6.45, 7) is 0. The molecule has 0 aromatic heterocycles. The molecule has 0 unspecified atom stereocenters. The first-order valence-electron chi connectivity index (χ1n) is 0. The first-order chi connectivity index (χ1) is 0. The maximum Gasteiger partial charge on any atom is 0 e. The molecule has 3 nitrogen and oxygen atoms in total. The van der Waals surface area contributed by atoms with Crippen LogP contribution in [0.1, 0.15) is 0 Å². The normalized spacial score (nSPS) is 0. The zero-order valence-electron chi connectivity index (χ0n) is 1.88. The Hall–Kier alpha value is 0.399. The molecular weight excluding hydrogens is 103 g/mol. The van der Waals surface area contributed by atoms with Crippen LogP contribution in [-0.4, -0.2) is 16.4 Å². The summed E-state index contributed by atoms with van der Waals surface area (Å²) in [6.07, 6.45) is 0. The summed E-state index contributed by atoms with van der Waals surface area (Å²) >= 11 is 0. The molecule has 4 heavy (non-hydrogen) atoms. The van der Waals surface area contributed by atoms with E-state index in [1.54, 1.807) is 0 Å². The van der Waals surface area contributed by atoms with Crippen LogP contribution in [0.2, 0.25) is 0 Å². The molecule has 0 fully saturated rings. The Labute approximate surface area is 34.4 Å². The molecule has 0 saturated carbocycles. The van der Waals surface area contributed by atoms with E-state index in [1.807, 2.05) is 0 Å². The molecule has 0 aliphatic carbocycles. The molecule has 0 aromatic rings. The van der Waals surface area contributed by atoms with Crippen molar-refractivity contribution in [3.63, 3.8) is 0 Å². The van der Waals surface area contributed by atoms with E-state index in [0.717, 1.165) is 0 Å². The van der Waals surface area contributed by atoms with Gasteiger partial charge in [0.1, 0.15) is 0 Å². The second-order valence-electron chi connectivity index (χ2n) is 0. The minimum absolute atomic E-state index is 0. The van der Waals surface area contributed by atoms with Crippen molar-refractivity contribution in [1.29, 1.82) is 0 Å². The van der Waals surface area contributed by atoms with Crippen LogP contribution in [0.15, 0.2) is 0 Å². The molecule has 0 rings (SSSR count). The third kappa shape index (κ3) is 29.4. The van der Waals surface area contributed by atoms with Gasteiger partial charge in [0.2, 0.25) is 0 Å². The van der Waals surface area contributed by atoms with Crippen molar-refractivity contribution in [2.75, 3.05) is 0 Å². The van der Waals surface area contributed by atoms with Gasteiger partial charge in [-0.15, -0.1) is 0 Å². The smallest absolute Gasteiger partial charge is 0 e. The third-order valence-corrected chi connectivity index (χ3v) is 0. The Balaban J connectivity index is 0. The van der Waals surface area contributed by atoms with E-state index in [4.69, 9.17) is 0 Å². The average Bonchev–Trinajstić information content (AvgIpc) is 0. The standard InChI is InChI=1S/Mn.3H2O/h;3*1H2. The zero-order chi connectivity index (χ0) is 0. The van der Waals surface area contributed by atoms with Crippen molar-refractivity contribution < 1.29 is 33.5 Å².